The topological polar surface area (TPSA) is 105 Å². The van der Waals surface area contributed by atoms with Gasteiger partial charge in [0.15, 0.2) is 23.1 Å². The molecule has 0 saturated carbocycles. The number of fused-ring (bicyclic) bond motifs is 1. The van der Waals surface area contributed by atoms with Crippen molar-refractivity contribution in [3.63, 3.8) is 0 Å². The van der Waals surface area contributed by atoms with Crippen molar-refractivity contribution in [1.82, 2.24) is 23.9 Å². The maximum absolute atomic E-state index is 16.3. The van der Waals surface area contributed by atoms with Gasteiger partial charge in [-0.15, -0.1) is 0 Å². The molecule has 6 aromatic carbocycles. The number of amides is 1. The van der Waals surface area contributed by atoms with Gasteiger partial charge in [-0.05, 0) is 58.7 Å². The van der Waals surface area contributed by atoms with E-state index in [0.717, 1.165) is 44.0 Å². The second-order valence-corrected chi connectivity index (χ2v) is 14.4. The predicted molar refractivity (Wildman–Crippen MR) is 223 cm³/mol. The number of hydrogen-bond donors (Lipinski definition) is 1. The van der Waals surface area contributed by atoms with Crippen LogP contribution in [0, 0.1) is 5.82 Å². The van der Waals surface area contributed by atoms with Gasteiger partial charge in [0, 0.05) is 12.6 Å². The lowest BCUT2D eigenvalue weighted by atomic mass is 9.77. The molecule has 15 heteroatoms. The van der Waals surface area contributed by atoms with Crippen molar-refractivity contribution in [3.05, 3.63) is 195 Å². The second-order valence-electron chi connectivity index (χ2n) is 14.0. The minimum absolute atomic E-state index is 0.0205. The molecule has 308 valence electrons. The Labute approximate surface area is 351 Å². The first-order valence-electron chi connectivity index (χ1n) is 18.8. The Hall–Kier alpha value is -7.19. The lowest BCUT2D eigenvalue weighted by Crippen LogP contribution is -2.38. The molecule has 0 spiro atoms. The maximum atomic E-state index is 16.3. The number of methoxy groups -OCH3 is 1. The Morgan fingerprint density at radius 3 is 1.97 bits per heavy atom. The molecule has 0 bridgehead atoms. The molecular weight excluding hydrogens is 812 g/mol. The van der Waals surface area contributed by atoms with E-state index in [1.807, 2.05) is 91.0 Å². The summed E-state index contributed by atoms with van der Waals surface area (Å²) in [5.74, 6) is -1.95. The van der Waals surface area contributed by atoms with Crippen LogP contribution in [0.4, 0.5) is 23.2 Å². The number of aryl methyl sites for hydroxylation is 1. The van der Waals surface area contributed by atoms with E-state index in [0.29, 0.717) is 0 Å². The average molecular weight is 847 g/mol. The van der Waals surface area contributed by atoms with E-state index in [2.05, 4.69) is 10.3 Å². The number of imidazole rings is 1. The van der Waals surface area contributed by atoms with E-state index in [4.69, 9.17) is 26.2 Å². The number of hydrogen-bond acceptors (Lipinski definition) is 6. The summed E-state index contributed by atoms with van der Waals surface area (Å²) in [6.45, 7) is -0.949. The maximum Gasteiger partial charge on any atom is 0.416 e. The van der Waals surface area contributed by atoms with Crippen LogP contribution >= 0.6 is 11.6 Å². The lowest BCUT2D eigenvalue weighted by Gasteiger charge is -2.35. The van der Waals surface area contributed by atoms with Crippen LogP contribution in [0.15, 0.2) is 151 Å². The molecule has 0 unspecified atom stereocenters. The molecule has 2 aromatic heterocycles. The standard InChI is InChI=1S/C46H35ClF4N6O4/c1-55-42-34(24-33(46(49,50)51)25-38(42)56(44(55)59)26-41(58)53-37-21-13-12-20-35(37)47)29-22-36(48)43(39(23-29)60-2)61-27-40-52-28-57(54-40)45(30-14-6-3-7-15-30,31-16-8-4-9-17-31)32-18-10-5-11-19-32/h3-25,28H,26-27H2,1-2H3,(H,53,58). The molecule has 10 nitrogen and oxygen atoms in total. The molecule has 0 saturated heterocycles. The molecule has 1 amide bonds. The minimum atomic E-state index is -4.87. The highest BCUT2D eigenvalue weighted by atomic mass is 35.5. The normalized spacial score (nSPS) is 11.8. The zero-order chi connectivity index (χ0) is 42.9. The first-order valence-corrected chi connectivity index (χ1v) is 19.2. The summed E-state index contributed by atoms with van der Waals surface area (Å²) in [6.07, 6.45) is -3.29. The number of nitrogens with one attached hydrogen (secondary N) is 1. The van der Waals surface area contributed by atoms with Crippen LogP contribution in [0.3, 0.4) is 0 Å². The van der Waals surface area contributed by atoms with Crippen LogP contribution in [0.25, 0.3) is 22.2 Å². The highest BCUT2D eigenvalue weighted by Gasteiger charge is 2.40. The second kappa shape index (κ2) is 16.5. The monoisotopic (exact) mass is 846 g/mol. The van der Waals surface area contributed by atoms with Crippen LogP contribution in [0.1, 0.15) is 28.1 Å². The zero-order valence-electron chi connectivity index (χ0n) is 32.5. The fourth-order valence-electron chi connectivity index (χ4n) is 7.60. The number of alkyl halides is 3. The van der Waals surface area contributed by atoms with Gasteiger partial charge in [-0.3, -0.25) is 13.9 Å². The van der Waals surface area contributed by atoms with Crippen molar-refractivity contribution >= 4 is 34.2 Å². The van der Waals surface area contributed by atoms with E-state index in [9.17, 15) is 22.8 Å². The van der Waals surface area contributed by atoms with Gasteiger partial charge in [-0.1, -0.05) is 115 Å². The van der Waals surface area contributed by atoms with E-state index in [1.165, 1.54) is 20.2 Å². The summed E-state index contributed by atoms with van der Waals surface area (Å²) >= 11 is 6.17. The third kappa shape index (κ3) is 7.61. The minimum Gasteiger partial charge on any atom is -0.493 e. The van der Waals surface area contributed by atoms with Gasteiger partial charge >= 0.3 is 11.9 Å². The van der Waals surface area contributed by atoms with Crippen LogP contribution in [-0.4, -0.2) is 36.9 Å². The number of anilines is 1. The number of para-hydroxylation sites is 1. The molecule has 0 radical (unpaired) electrons. The van der Waals surface area contributed by atoms with E-state index in [1.54, 1.807) is 35.3 Å². The van der Waals surface area contributed by atoms with Crippen molar-refractivity contribution in [3.8, 4) is 22.6 Å². The number of ether oxygens (including phenoxy) is 2. The van der Waals surface area contributed by atoms with Gasteiger partial charge in [0.05, 0.1) is 34.4 Å². The molecule has 2 heterocycles. The van der Waals surface area contributed by atoms with Crippen LogP contribution < -0.4 is 20.5 Å². The van der Waals surface area contributed by atoms with Crippen molar-refractivity contribution in [2.75, 3.05) is 12.4 Å². The zero-order valence-corrected chi connectivity index (χ0v) is 33.3. The van der Waals surface area contributed by atoms with Crippen molar-refractivity contribution in [1.29, 1.82) is 0 Å². The Kier molecular flexibility index (Phi) is 10.9. The Bertz CT molecular complexity index is 2840. The summed E-state index contributed by atoms with van der Waals surface area (Å²) in [6, 6.07) is 39.7. The number of nitrogens with zero attached hydrogens (tertiary/aromatic N) is 5. The third-order valence-electron chi connectivity index (χ3n) is 10.4. The van der Waals surface area contributed by atoms with E-state index in [-0.39, 0.29) is 56.8 Å². The number of halogens is 5. The lowest BCUT2D eigenvalue weighted by molar-refractivity contribution is -0.137. The summed E-state index contributed by atoms with van der Waals surface area (Å²) < 4.78 is 74.8. The van der Waals surface area contributed by atoms with Gasteiger partial charge in [0.2, 0.25) is 5.91 Å². The molecule has 0 aliphatic rings. The third-order valence-corrected chi connectivity index (χ3v) is 10.7. The first-order chi connectivity index (χ1) is 29.4. The van der Waals surface area contributed by atoms with Gasteiger partial charge in [0.25, 0.3) is 0 Å². The number of carbonyl (C=O) groups is 1. The summed E-state index contributed by atoms with van der Waals surface area (Å²) in [5, 5.41) is 7.67. The highest BCUT2D eigenvalue weighted by molar-refractivity contribution is 6.33. The van der Waals surface area contributed by atoms with Crippen molar-refractivity contribution < 1.29 is 31.8 Å². The van der Waals surface area contributed by atoms with Crippen LogP contribution in [0.2, 0.25) is 5.02 Å². The molecule has 61 heavy (non-hydrogen) atoms. The molecule has 8 rings (SSSR count). The summed E-state index contributed by atoms with van der Waals surface area (Å²) in [4.78, 5) is 31.2. The number of aromatic nitrogens is 5. The quantitative estimate of drug-likeness (QED) is 0.0971. The van der Waals surface area contributed by atoms with Gasteiger partial charge in [-0.25, -0.2) is 18.9 Å². The SMILES string of the molecule is COc1cc(-c2cc(C(F)(F)F)cc3c2n(C)c(=O)n3CC(=O)Nc2ccccc2Cl)cc(F)c1OCc1ncn(C(c2ccccc2)(c2ccccc2)c2ccccc2)n1. The summed E-state index contributed by atoms with van der Waals surface area (Å²) in [7, 11) is 2.61. The van der Waals surface area contributed by atoms with E-state index >= 15 is 4.39 Å². The fraction of sp³-hybridized carbons (Fsp3) is 0.130. The molecule has 8 aromatic rings. The van der Waals surface area contributed by atoms with E-state index < -0.39 is 41.2 Å². The summed E-state index contributed by atoms with van der Waals surface area (Å²) in [5.41, 5.74) is -0.260. The molecule has 0 fully saturated rings. The van der Waals surface area contributed by atoms with Crippen molar-refractivity contribution in [2.24, 2.45) is 7.05 Å². The van der Waals surface area contributed by atoms with Gasteiger partial charge in [-0.2, -0.15) is 18.3 Å². The molecule has 0 atom stereocenters. The Balaban J connectivity index is 1.15. The number of benzene rings is 6. The Morgan fingerprint density at radius 1 is 0.803 bits per heavy atom. The van der Waals surface area contributed by atoms with Gasteiger partial charge < -0.3 is 14.8 Å². The fourth-order valence-corrected chi connectivity index (χ4v) is 7.78. The number of carbonyl (C=O) groups excluding carboxylic acids is 1. The van der Waals surface area contributed by atoms with Crippen LogP contribution in [0.5, 0.6) is 11.5 Å². The average Bonchev–Trinajstić information content (AvgIpc) is 3.83. The number of rotatable bonds is 12. The largest absolute Gasteiger partial charge is 0.493 e. The molecular formula is C46H35ClF4N6O4. The first kappa shape index (κ1) is 40.6. The Morgan fingerprint density at radius 2 is 1.39 bits per heavy atom. The van der Waals surface area contributed by atoms with Crippen LogP contribution in [-0.2, 0) is 36.7 Å². The molecule has 1 N–H and O–H groups in total. The predicted octanol–water partition coefficient (Wildman–Crippen LogP) is 9.48. The smallest absolute Gasteiger partial charge is 0.416 e. The molecule has 0 aliphatic carbocycles. The molecule has 0 aliphatic heterocycles. The highest BCUT2D eigenvalue weighted by Crippen LogP contribution is 2.43. The van der Waals surface area contributed by atoms with Gasteiger partial charge in [0.1, 0.15) is 25.0 Å². The van der Waals surface area contributed by atoms with Crippen molar-refractivity contribution in [2.45, 2.75) is 24.9 Å².